The number of phenols is 1. The molecule has 2 rings (SSSR count). The van der Waals surface area contributed by atoms with Crippen molar-refractivity contribution in [2.24, 2.45) is 0 Å². The van der Waals surface area contributed by atoms with E-state index in [1.54, 1.807) is 18.2 Å². The lowest BCUT2D eigenvalue weighted by molar-refractivity contribution is -0.612. The number of nitro benzene ring substituents is 3. The minimum Gasteiger partial charge on any atom is -0.616 e. The van der Waals surface area contributed by atoms with Crippen molar-refractivity contribution in [1.82, 2.24) is 0 Å². The third-order valence-corrected chi connectivity index (χ3v) is 2.66. The van der Waals surface area contributed by atoms with Crippen LogP contribution < -0.4 is 9.47 Å². The molecule has 0 spiro atoms. The van der Waals surface area contributed by atoms with Gasteiger partial charge in [-0.25, -0.2) is 0 Å². The number of methoxy groups -OCH3 is 1. The van der Waals surface area contributed by atoms with Crippen molar-refractivity contribution in [1.29, 1.82) is 0 Å². The normalized spacial score (nSPS) is 9.48. The van der Waals surface area contributed by atoms with E-state index in [0.29, 0.717) is 22.7 Å². The average Bonchev–Trinajstić information content (AvgIpc) is 2.55. The van der Waals surface area contributed by atoms with Crippen molar-refractivity contribution in [3.8, 4) is 11.6 Å². The Bertz CT molecular complexity index is 789. The number of aromatic nitrogens is 1. The predicted molar refractivity (Wildman–Crippen MR) is 80.0 cm³/mol. The number of non-ortho nitro benzene ring substituents is 1. The number of pyridine rings is 1. The van der Waals surface area contributed by atoms with Crippen LogP contribution in [0.25, 0.3) is 0 Å². The van der Waals surface area contributed by atoms with Gasteiger partial charge in [-0.3, -0.25) is 30.3 Å². The van der Waals surface area contributed by atoms with Crippen molar-refractivity contribution in [2.45, 2.75) is 0 Å². The van der Waals surface area contributed by atoms with E-state index in [0.717, 1.165) is 0 Å². The molecule has 0 fully saturated rings. The Morgan fingerprint density at radius 2 is 1.52 bits per heavy atom. The maximum absolute atomic E-state index is 10.6. The highest BCUT2D eigenvalue weighted by Crippen LogP contribution is 2.38. The largest absolute Gasteiger partial charge is 0.616 e. The van der Waals surface area contributed by atoms with Gasteiger partial charge in [0, 0.05) is 6.07 Å². The van der Waals surface area contributed by atoms with E-state index in [2.05, 4.69) is 0 Å². The zero-order chi connectivity index (χ0) is 19.1. The molecule has 0 aliphatic carbocycles. The van der Waals surface area contributed by atoms with Gasteiger partial charge in [-0.1, -0.05) is 0 Å². The van der Waals surface area contributed by atoms with Gasteiger partial charge in [0.2, 0.25) is 0 Å². The summed E-state index contributed by atoms with van der Waals surface area (Å²) < 4.78 is 5.36. The van der Waals surface area contributed by atoms with Crippen LogP contribution in [-0.2, 0) is 0 Å². The number of hydrogen-bond donors (Lipinski definition) is 1. The van der Waals surface area contributed by atoms with Crippen LogP contribution in [0.4, 0.5) is 17.1 Å². The fourth-order valence-electron chi connectivity index (χ4n) is 1.54. The Morgan fingerprint density at radius 1 is 1.00 bits per heavy atom. The molecule has 13 heteroatoms. The molecular weight excluding hydrogens is 344 g/mol. The maximum atomic E-state index is 10.6. The third-order valence-electron chi connectivity index (χ3n) is 2.66. The lowest BCUT2D eigenvalue weighted by Gasteiger charge is -1.98. The van der Waals surface area contributed by atoms with Gasteiger partial charge in [0.25, 0.3) is 11.4 Å². The highest BCUT2D eigenvalue weighted by Gasteiger charge is 2.30. The summed E-state index contributed by atoms with van der Waals surface area (Å²) in [6.45, 7) is 0. The molecule has 2 aromatic rings. The third kappa shape index (κ3) is 4.72. The monoisotopic (exact) mass is 354 g/mol. The average molecular weight is 354 g/mol. The quantitative estimate of drug-likeness (QED) is 0.367. The Balaban J connectivity index is 0.000000293. The molecule has 0 saturated heterocycles. The van der Waals surface area contributed by atoms with Crippen molar-refractivity contribution in [3.05, 3.63) is 72.1 Å². The van der Waals surface area contributed by atoms with E-state index in [4.69, 9.17) is 9.84 Å². The van der Waals surface area contributed by atoms with E-state index in [9.17, 15) is 35.6 Å². The fraction of sp³-hybridized carbons (Fsp3) is 0.0833. The van der Waals surface area contributed by atoms with E-state index < -0.39 is 37.6 Å². The number of phenolic OH excluding ortho intramolecular Hbond substituents is 1. The summed E-state index contributed by atoms with van der Waals surface area (Å²) in [5.41, 5.74) is -3.00. The molecule has 1 heterocycles. The molecule has 1 aromatic heterocycles. The Hall–Kier alpha value is -4.03. The van der Waals surface area contributed by atoms with Crippen molar-refractivity contribution in [3.63, 3.8) is 0 Å². The van der Waals surface area contributed by atoms with Crippen LogP contribution in [0.1, 0.15) is 0 Å². The molecule has 0 atom stereocenters. The highest BCUT2D eigenvalue weighted by atomic mass is 16.6. The van der Waals surface area contributed by atoms with Gasteiger partial charge in [-0.2, -0.15) is 0 Å². The number of benzene rings is 1. The zero-order valence-corrected chi connectivity index (χ0v) is 12.5. The molecule has 0 radical (unpaired) electrons. The first-order valence-corrected chi connectivity index (χ1v) is 6.21. The summed E-state index contributed by atoms with van der Waals surface area (Å²) in [6, 6.07) is 5.89. The molecule has 0 aliphatic heterocycles. The van der Waals surface area contributed by atoms with Crippen LogP contribution in [0, 0.1) is 35.6 Å². The predicted octanol–water partition coefficient (Wildman–Crippen LogP) is 1.45. The van der Waals surface area contributed by atoms with Gasteiger partial charge in [-0.15, -0.1) is 4.73 Å². The second-order valence-corrected chi connectivity index (χ2v) is 4.17. The van der Waals surface area contributed by atoms with Gasteiger partial charge < -0.3 is 15.1 Å². The van der Waals surface area contributed by atoms with E-state index in [1.807, 2.05) is 0 Å². The van der Waals surface area contributed by atoms with Crippen LogP contribution >= 0.6 is 0 Å². The molecule has 0 saturated carbocycles. The molecule has 0 aliphatic rings. The molecule has 0 amide bonds. The maximum Gasteiger partial charge on any atom is 0.379 e. The molecule has 132 valence electrons. The summed E-state index contributed by atoms with van der Waals surface area (Å²) in [6.07, 6.45) is 1.39. The van der Waals surface area contributed by atoms with Gasteiger partial charge in [0.15, 0.2) is 6.20 Å². The molecule has 0 unspecified atom stereocenters. The summed E-state index contributed by atoms with van der Waals surface area (Å²) in [4.78, 5) is 27.8. The van der Waals surface area contributed by atoms with Gasteiger partial charge in [-0.05, 0) is 6.07 Å². The van der Waals surface area contributed by atoms with Crippen LogP contribution in [0.5, 0.6) is 11.6 Å². The Morgan fingerprint density at radius 3 is 1.84 bits per heavy atom. The second-order valence-electron chi connectivity index (χ2n) is 4.17. The van der Waals surface area contributed by atoms with Crippen molar-refractivity contribution in [2.75, 3.05) is 7.11 Å². The van der Waals surface area contributed by atoms with E-state index in [1.165, 1.54) is 13.3 Å². The Kier molecular flexibility index (Phi) is 6.09. The van der Waals surface area contributed by atoms with Gasteiger partial charge in [0.1, 0.15) is 0 Å². The van der Waals surface area contributed by atoms with Crippen molar-refractivity contribution < 1.29 is 29.3 Å². The summed E-state index contributed by atoms with van der Waals surface area (Å²) in [5, 5.41) is 50.9. The Labute approximate surface area is 138 Å². The SMILES string of the molecule is COc1cccc[n+]1[O-].O=[N+]([O-])c1cc([N+](=O)[O-])c(O)c([N+](=O)[O-])c1. The number of hydrogen-bond acceptors (Lipinski definition) is 9. The lowest BCUT2D eigenvalue weighted by atomic mass is 10.2. The fourth-order valence-corrected chi connectivity index (χ4v) is 1.54. The standard InChI is InChI=1S/C6H3N3O7.C6H7NO2/c10-6-4(8(13)14)1-3(7(11)12)2-5(6)9(15)16;1-9-6-4-2-3-5-7(6)8/h1-2,10H;2-5H,1H3. The van der Waals surface area contributed by atoms with Crippen molar-refractivity contribution >= 4 is 17.1 Å². The van der Waals surface area contributed by atoms with Gasteiger partial charge in [0.05, 0.1) is 40.1 Å². The lowest BCUT2D eigenvalue weighted by Crippen LogP contribution is -2.26. The van der Waals surface area contributed by atoms with Crippen LogP contribution in [0.2, 0.25) is 0 Å². The number of rotatable bonds is 4. The highest BCUT2D eigenvalue weighted by molar-refractivity contribution is 5.64. The first kappa shape index (κ1) is 19.0. The topological polar surface area (TPSA) is 186 Å². The van der Waals surface area contributed by atoms with E-state index in [-0.39, 0.29) is 0 Å². The summed E-state index contributed by atoms with van der Waals surface area (Å²) in [7, 11) is 1.46. The molecular formula is C12H10N4O9. The van der Waals surface area contributed by atoms with E-state index >= 15 is 0 Å². The zero-order valence-electron chi connectivity index (χ0n) is 12.5. The minimum atomic E-state index is -1.21. The first-order valence-electron chi connectivity index (χ1n) is 6.21. The molecule has 1 aromatic carbocycles. The molecule has 0 bridgehead atoms. The first-order chi connectivity index (χ1) is 11.7. The number of ether oxygens (including phenoxy) is 1. The van der Waals surface area contributed by atoms with Crippen LogP contribution in [0.3, 0.4) is 0 Å². The van der Waals surface area contributed by atoms with Crippen LogP contribution in [-0.4, -0.2) is 27.0 Å². The second kappa shape index (κ2) is 8.00. The number of nitro groups is 3. The summed E-state index contributed by atoms with van der Waals surface area (Å²) in [5.74, 6) is -0.891. The number of aromatic hydroxyl groups is 1. The van der Waals surface area contributed by atoms with Crippen LogP contribution in [0.15, 0.2) is 36.5 Å². The smallest absolute Gasteiger partial charge is 0.379 e. The molecule has 13 nitrogen and oxygen atoms in total. The molecule has 25 heavy (non-hydrogen) atoms. The number of nitrogens with zero attached hydrogens (tertiary/aromatic N) is 4. The minimum absolute atomic E-state index is 0.317. The van der Waals surface area contributed by atoms with Gasteiger partial charge >= 0.3 is 17.3 Å². The molecule has 1 N–H and O–H groups in total. The summed E-state index contributed by atoms with van der Waals surface area (Å²) >= 11 is 0.